The van der Waals surface area contributed by atoms with E-state index in [-0.39, 0.29) is 0 Å². The summed E-state index contributed by atoms with van der Waals surface area (Å²) >= 11 is 0. The molecule has 0 amide bonds. The van der Waals surface area contributed by atoms with E-state index in [1.165, 1.54) is 70.9 Å². The van der Waals surface area contributed by atoms with Crippen LogP contribution in [0.1, 0.15) is 57.8 Å². The van der Waals surface area contributed by atoms with Crippen LogP contribution in [0.3, 0.4) is 0 Å². The predicted octanol–water partition coefficient (Wildman–Crippen LogP) is 2.23. The van der Waals surface area contributed by atoms with Crippen LogP contribution in [0.4, 0.5) is 0 Å². The number of rotatable bonds is 0. The zero-order chi connectivity index (χ0) is 12.4. The third-order valence-electron chi connectivity index (χ3n) is 6.70. The van der Waals surface area contributed by atoms with Crippen LogP contribution in [-0.2, 0) is 0 Å². The normalized spacial score (nSPS) is 50.8. The lowest BCUT2D eigenvalue weighted by Gasteiger charge is -2.42. The summed E-state index contributed by atoms with van der Waals surface area (Å²) in [7, 11) is 0. The monoisotopic (exact) mass is 261 g/mol. The van der Waals surface area contributed by atoms with Crippen molar-refractivity contribution in [1.29, 1.82) is 0 Å². The van der Waals surface area contributed by atoms with Gasteiger partial charge < -0.3 is 0 Å². The fourth-order valence-electron chi connectivity index (χ4n) is 6.10. The molecule has 4 unspecified atom stereocenters. The van der Waals surface area contributed by atoms with Gasteiger partial charge in [-0.1, -0.05) is 19.3 Å². The molecule has 3 heteroatoms. The van der Waals surface area contributed by atoms with E-state index in [0.29, 0.717) is 6.29 Å². The van der Waals surface area contributed by atoms with Crippen LogP contribution in [0, 0.1) is 0 Å². The minimum atomic E-state index is 0.714. The first-order valence-electron chi connectivity index (χ1n) is 8.74. The summed E-state index contributed by atoms with van der Waals surface area (Å²) in [5, 5.41) is 0. The highest BCUT2D eigenvalue weighted by atomic mass is 15.6. The Morgan fingerprint density at radius 3 is 1.63 bits per heavy atom. The van der Waals surface area contributed by atoms with Gasteiger partial charge in [-0.2, -0.15) is 0 Å². The Labute approximate surface area is 116 Å². The predicted molar refractivity (Wildman–Crippen MR) is 75.7 cm³/mol. The lowest BCUT2D eigenvalue weighted by Crippen LogP contribution is -2.53. The van der Waals surface area contributed by atoms with Crippen LogP contribution in [-0.4, -0.2) is 58.2 Å². The Hall–Kier alpha value is -0.120. The number of piperidine rings is 3. The van der Waals surface area contributed by atoms with Crippen LogP contribution in [0.2, 0.25) is 0 Å². The molecule has 5 fully saturated rings. The average Bonchev–Trinajstić information content (AvgIpc) is 2.99. The van der Waals surface area contributed by atoms with Gasteiger partial charge in [0.05, 0.1) is 0 Å². The van der Waals surface area contributed by atoms with E-state index in [0.717, 1.165) is 24.2 Å². The fraction of sp³-hybridized carbons (Fsp3) is 1.00. The molecule has 5 rings (SSSR count). The third kappa shape index (κ3) is 1.44. The molecule has 4 atom stereocenters. The zero-order valence-corrected chi connectivity index (χ0v) is 12.0. The summed E-state index contributed by atoms with van der Waals surface area (Å²) in [6.45, 7) is 2.75. The van der Waals surface area contributed by atoms with Crippen LogP contribution >= 0.6 is 0 Å². The highest BCUT2D eigenvalue weighted by Gasteiger charge is 2.60. The summed E-state index contributed by atoms with van der Waals surface area (Å²) in [5.74, 6) is 0. The van der Waals surface area contributed by atoms with Crippen molar-refractivity contribution in [2.24, 2.45) is 0 Å². The standard InChI is InChI=1S/C16H27N3/c1-3-10-17-12(6-1)14-8-5-9-15-13-7-2-4-11-18(13)16(17)19(14)15/h12-16H,1-11H2. The van der Waals surface area contributed by atoms with Crippen molar-refractivity contribution in [1.82, 2.24) is 14.7 Å². The minimum absolute atomic E-state index is 0.714. The third-order valence-corrected chi connectivity index (χ3v) is 6.70. The van der Waals surface area contributed by atoms with Gasteiger partial charge in [-0.25, -0.2) is 0 Å². The van der Waals surface area contributed by atoms with Crippen molar-refractivity contribution in [3.05, 3.63) is 0 Å². The molecular formula is C16H27N3. The van der Waals surface area contributed by atoms with E-state index in [2.05, 4.69) is 14.7 Å². The summed E-state index contributed by atoms with van der Waals surface area (Å²) in [6, 6.07) is 3.64. The highest BCUT2D eigenvalue weighted by molar-refractivity contribution is 5.12. The molecule has 0 saturated carbocycles. The van der Waals surface area contributed by atoms with Crippen LogP contribution in [0.5, 0.6) is 0 Å². The van der Waals surface area contributed by atoms with Gasteiger partial charge in [-0.3, -0.25) is 14.7 Å². The van der Waals surface area contributed by atoms with Crippen molar-refractivity contribution in [3.8, 4) is 0 Å². The number of hydrogen-bond donors (Lipinski definition) is 0. The molecule has 5 aliphatic rings. The second-order valence-electron chi connectivity index (χ2n) is 7.46. The van der Waals surface area contributed by atoms with Crippen LogP contribution < -0.4 is 0 Å². The molecule has 5 saturated heterocycles. The largest absolute Gasteiger partial charge is 0.271 e. The molecule has 0 radical (unpaired) electrons. The Morgan fingerprint density at radius 1 is 0.526 bits per heavy atom. The van der Waals surface area contributed by atoms with Gasteiger partial charge in [0.2, 0.25) is 0 Å². The molecule has 3 nitrogen and oxygen atoms in total. The molecule has 0 spiro atoms. The van der Waals surface area contributed by atoms with Gasteiger partial charge in [0.15, 0.2) is 0 Å². The van der Waals surface area contributed by atoms with E-state index >= 15 is 0 Å². The molecule has 5 heterocycles. The lowest BCUT2D eigenvalue weighted by molar-refractivity contribution is -0.00154. The lowest BCUT2D eigenvalue weighted by atomic mass is 9.85. The molecular weight excluding hydrogens is 234 g/mol. The Kier molecular flexibility index (Phi) is 2.54. The Balaban J connectivity index is 1.55. The quantitative estimate of drug-likeness (QED) is 0.662. The van der Waals surface area contributed by atoms with Crippen molar-refractivity contribution in [3.63, 3.8) is 0 Å². The first-order valence-corrected chi connectivity index (χ1v) is 8.74. The Morgan fingerprint density at radius 2 is 1.05 bits per heavy atom. The van der Waals surface area contributed by atoms with E-state index in [4.69, 9.17) is 0 Å². The van der Waals surface area contributed by atoms with Crippen molar-refractivity contribution < 1.29 is 0 Å². The fourth-order valence-corrected chi connectivity index (χ4v) is 6.10. The molecule has 5 aliphatic heterocycles. The summed E-state index contributed by atoms with van der Waals surface area (Å²) in [6.07, 6.45) is 14.0. The van der Waals surface area contributed by atoms with E-state index in [9.17, 15) is 0 Å². The van der Waals surface area contributed by atoms with Gasteiger partial charge in [0, 0.05) is 37.3 Å². The van der Waals surface area contributed by atoms with Gasteiger partial charge in [0.25, 0.3) is 0 Å². The number of nitrogens with zero attached hydrogens (tertiary/aromatic N) is 3. The van der Waals surface area contributed by atoms with Gasteiger partial charge in [0.1, 0.15) is 6.29 Å². The molecule has 106 valence electrons. The second kappa shape index (κ2) is 4.19. The molecule has 0 aromatic rings. The Bertz CT molecular complexity index is 339. The summed E-state index contributed by atoms with van der Waals surface area (Å²) < 4.78 is 0. The number of hydrogen-bond acceptors (Lipinski definition) is 3. The molecule has 0 bridgehead atoms. The first-order chi connectivity index (χ1) is 9.45. The summed E-state index contributed by atoms with van der Waals surface area (Å²) in [5.41, 5.74) is 0. The zero-order valence-electron chi connectivity index (χ0n) is 12.0. The van der Waals surface area contributed by atoms with Gasteiger partial charge in [-0.15, -0.1) is 0 Å². The SMILES string of the molecule is C1CCN2C(C1)C1CCCC3C4CCCCN4C2N13. The second-order valence-corrected chi connectivity index (χ2v) is 7.46. The highest BCUT2D eigenvalue weighted by Crippen LogP contribution is 2.49. The molecule has 19 heavy (non-hydrogen) atoms. The maximum absolute atomic E-state index is 3.00. The minimum Gasteiger partial charge on any atom is -0.271 e. The van der Waals surface area contributed by atoms with Gasteiger partial charge in [-0.05, 0) is 38.5 Å². The van der Waals surface area contributed by atoms with Crippen molar-refractivity contribution >= 4 is 0 Å². The summed E-state index contributed by atoms with van der Waals surface area (Å²) in [4.78, 5) is 8.82. The number of fused-ring (bicyclic) bond motifs is 6. The maximum Gasteiger partial charge on any atom is 0.120 e. The topological polar surface area (TPSA) is 9.72 Å². The first kappa shape index (κ1) is 11.5. The smallest absolute Gasteiger partial charge is 0.120 e. The van der Waals surface area contributed by atoms with E-state index in [1.807, 2.05) is 0 Å². The van der Waals surface area contributed by atoms with Crippen LogP contribution in [0.15, 0.2) is 0 Å². The van der Waals surface area contributed by atoms with E-state index in [1.54, 1.807) is 0 Å². The molecule has 0 aromatic carbocycles. The van der Waals surface area contributed by atoms with Crippen molar-refractivity contribution in [2.45, 2.75) is 88.2 Å². The van der Waals surface area contributed by atoms with Gasteiger partial charge >= 0.3 is 0 Å². The van der Waals surface area contributed by atoms with E-state index < -0.39 is 0 Å². The molecule has 0 aromatic heterocycles. The van der Waals surface area contributed by atoms with Crippen molar-refractivity contribution in [2.75, 3.05) is 13.1 Å². The molecule has 0 aliphatic carbocycles. The average molecular weight is 261 g/mol. The maximum atomic E-state index is 3.00. The molecule has 0 N–H and O–H groups in total. The van der Waals surface area contributed by atoms with Crippen LogP contribution in [0.25, 0.3) is 0 Å².